The SMILES string of the molecule is CC(=O)O.CC(=O)O.COc1ncccc1C1(OC(=O)N2CCN(C3CCN(C)CC3)CC2)C(=O)N(S(=O)(=O)c2ccsc2)c2ccc(Cl)cc21. The van der Waals surface area contributed by atoms with E-state index in [1.54, 1.807) is 22.4 Å². The average molecular weight is 766 g/mol. The molecule has 3 aromatic rings. The molecule has 2 N–H and O–H groups in total. The van der Waals surface area contributed by atoms with Crippen LogP contribution in [0.2, 0.25) is 5.02 Å². The zero-order valence-electron chi connectivity index (χ0n) is 28.5. The number of benzene rings is 1. The third-order valence-electron chi connectivity index (χ3n) is 8.44. The third-order valence-corrected chi connectivity index (χ3v) is 11.2. The lowest BCUT2D eigenvalue weighted by molar-refractivity contribution is -0.135. The molecule has 18 heteroatoms. The Morgan fingerprint density at radius 1 is 0.980 bits per heavy atom. The Kier molecular flexibility index (Phi) is 13.0. The molecule has 3 aliphatic heterocycles. The van der Waals surface area contributed by atoms with E-state index in [0.29, 0.717) is 36.5 Å². The van der Waals surface area contributed by atoms with Crippen LogP contribution in [0.1, 0.15) is 37.8 Å². The van der Waals surface area contributed by atoms with Crippen LogP contribution in [-0.2, 0) is 34.7 Å². The minimum absolute atomic E-state index is 0.0106. The highest BCUT2D eigenvalue weighted by Gasteiger charge is 2.61. The first-order valence-corrected chi connectivity index (χ1v) is 18.6. The molecule has 51 heavy (non-hydrogen) atoms. The molecule has 5 heterocycles. The summed E-state index contributed by atoms with van der Waals surface area (Å²) in [5.74, 6) is -2.64. The van der Waals surface area contributed by atoms with Gasteiger partial charge in [-0.25, -0.2) is 18.2 Å². The molecular formula is C33H40ClN5O10S2. The zero-order valence-corrected chi connectivity index (χ0v) is 30.9. The maximum atomic E-state index is 14.6. The molecule has 1 unspecified atom stereocenters. The van der Waals surface area contributed by atoms with E-state index in [2.05, 4.69) is 21.8 Å². The quantitative estimate of drug-likeness (QED) is 0.369. The van der Waals surface area contributed by atoms with Crippen molar-refractivity contribution < 1.29 is 47.3 Å². The Morgan fingerprint density at radius 3 is 2.18 bits per heavy atom. The number of methoxy groups -OCH3 is 1. The predicted molar refractivity (Wildman–Crippen MR) is 189 cm³/mol. The highest BCUT2D eigenvalue weighted by Crippen LogP contribution is 2.52. The normalized spacial score (nSPS) is 19.6. The number of thiophene rings is 1. The number of hydrogen-bond donors (Lipinski definition) is 2. The number of carbonyl (C=O) groups is 4. The summed E-state index contributed by atoms with van der Waals surface area (Å²) in [6, 6.07) is 9.38. The molecule has 15 nitrogen and oxygen atoms in total. The standard InChI is InChI=1S/C29H32ClN5O6S2.2C2H4O2/c1-32-11-7-21(8-12-32)33-13-15-34(16-14-33)28(37)41-29(23-4-3-10-31-26(23)40-2)24-18-20(30)5-6-25(24)35(27(29)36)43(38,39)22-9-17-42-19-22;2*1-2(3)4/h3-6,9-10,17-19,21H,7-8,11-16H2,1-2H3;2*1H3,(H,3,4). The Labute approximate surface area is 305 Å². The first-order chi connectivity index (χ1) is 24.1. The summed E-state index contributed by atoms with van der Waals surface area (Å²) in [5.41, 5.74) is -2.00. The number of hydrogen-bond acceptors (Lipinski definition) is 12. The maximum absolute atomic E-state index is 14.6. The number of likely N-dealkylation sites (tertiary alicyclic amines) is 1. The number of sulfonamides is 1. The van der Waals surface area contributed by atoms with Gasteiger partial charge in [-0.1, -0.05) is 11.6 Å². The third kappa shape index (κ3) is 8.78. The van der Waals surface area contributed by atoms with Crippen molar-refractivity contribution in [2.24, 2.45) is 0 Å². The highest BCUT2D eigenvalue weighted by molar-refractivity contribution is 7.93. The second-order valence-electron chi connectivity index (χ2n) is 11.9. The Hall–Kier alpha value is -4.29. The molecule has 0 radical (unpaired) electrons. The van der Waals surface area contributed by atoms with E-state index < -0.39 is 39.6 Å². The van der Waals surface area contributed by atoms with Gasteiger partial charge in [0.1, 0.15) is 0 Å². The van der Waals surface area contributed by atoms with Gasteiger partial charge in [-0.05, 0) is 74.8 Å². The van der Waals surface area contributed by atoms with Gasteiger partial charge < -0.3 is 29.5 Å². The number of fused-ring (bicyclic) bond motifs is 1. The summed E-state index contributed by atoms with van der Waals surface area (Å²) >= 11 is 7.61. The number of rotatable bonds is 6. The van der Waals surface area contributed by atoms with Crippen LogP contribution in [0, 0.1) is 0 Å². The van der Waals surface area contributed by atoms with Gasteiger partial charge in [-0.15, -0.1) is 0 Å². The summed E-state index contributed by atoms with van der Waals surface area (Å²) < 4.78 is 40.2. The molecule has 2 amide bonds. The first kappa shape index (κ1) is 39.5. The fraction of sp³-hybridized carbons (Fsp3) is 0.424. The van der Waals surface area contributed by atoms with Crippen LogP contribution in [0.25, 0.3) is 0 Å². The molecule has 2 aromatic heterocycles. The Morgan fingerprint density at radius 2 is 1.61 bits per heavy atom. The molecule has 0 saturated carbocycles. The van der Waals surface area contributed by atoms with Crippen molar-refractivity contribution in [2.75, 3.05) is 57.7 Å². The van der Waals surface area contributed by atoms with Crippen molar-refractivity contribution in [2.45, 2.75) is 43.2 Å². The van der Waals surface area contributed by atoms with Crippen molar-refractivity contribution >= 4 is 62.6 Å². The molecule has 1 atom stereocenters. The largest absolute Gasteiger partial charge is 0.481 e. The van der Waals surface area contributed by atoms with Crippen LogP contribution >= 0.6 is 22.9 Å². The lowest BCUT2D eigenvalue weighted by Gasteiger charge is -2.42. The topological polar surface area (TPSA) is 187 Å². The van der Waals surface area contributed by atoms with Crippen molar-refractivity contribution in [3.05, 3.63) is 69.5 Å². The van der Waals surface area contributed by atoms with E-state index >= 15 is 0 Å². The molecule has 0 bridgehead atoms. The van der Waals surface area contributed by atoms with Gasteiger partial charge in [-0.2, -0.15) is 15.6 Å². The predicted octanol–water partition coefficient (Wildman–Crippen LogP) is 3.81. The number of aromatic nitrogens is 1. The molecule has 276 valence electrons. The minimum atomic E-state index is -4.38. The monoisotopic (exact) mass is 765 g/mol. The van der Waals surface area contributed by atoms with Gasteiger partial charge in [0.25, 0.3) is 33.5 Å². The van der Waals surface area contributed by atoms with Crippen LogP contribution in [0.15, 0.2) is 58.3 Å². The number of aliphatic carboxylic acids is 2. The highest BCUT2D eigenvalue weighted by atomic mass is 35.5. The number of carboxylic acid groups (broad SMARTS) is 2. The smallest absolute Gasteiger partial charge is 0.411 e. The number of piperidine rings is 1. The number of pyridine rings is 1. The summed E-state index contributed by atoms with van der Waals surface area (Å²) in [6.45, 7) is 6.38. The van der Waals surface area contributed by atoms with E-state index in [1.165, 1.54) is 54.3 Å². The number of anilines is 1. The molecule has 6 rings (SSSR count). The molecule has 0 aliphatic carbocycles. The first-order valence-electron chi connectivity index (χ1n) is 15.8. The van der Waals surface area contributed by atoms with Crippen molar-refractivity contribution in [1.82, 2.24) is 19.7 Å². The maximum Gasteiger partial charge on any atom is 0.411 e. The molecule has 0 spiro atoms. The lowest BCUT2D eigenvalue weighted by Crippen LogP contribution is -2.55. The van der Waals surface area contributed by atoms with Gasteiger partial charge in [0.2, 0.25) is 5.88 Å². The van der Waals surface area contributed by atoms with Crippen LogP contribution in [-0.4, -0.2) is 122 Å². The lowest BCUT2D eigenvalue weighted by atomic mass is 9.87. The number of carbonyl (C=O) groups excluding carboxylic acids is 2. The van der Waals surface area contributed by atoms with Crippen molar-refractivity contribution in [3.8, 4) is 5.88 Å². The van der Waals surface area contributed by atoms with Crippen molar-refractivity contribution in [1.29, 1.82) is 0 Å². The Balaban J connectivity index is 0.000000662. The number of ether oxygens (including phenoxy) is 2. The van der Waals surface area contributed by atoms with Gasteiger partial charge in [0, 0.05) is 68.2 Å². The molecule has 2 saturated heterocycles. The van der Waals surface area contributed by atoms with Crippen LogP contribution in [0.4, 0.5) is 10.5 Å². The molecule has 3 aliphatic rings. The van der Waals surface area contributed by atoms with E-state index in [4.69, 9.17) is 40.9 Å². The summed E-state index contributed by atoms with van der Waals surface area (Å²) in [4.78, 5) is 57.1. The molecule has 1 aromatic carbocycles. The van der Waals surface area contributed by atoms with Gasteiger partial charge in [0.05, 0.1) is 23.3 Å². The zero-order chi connectivity index (χ0) is 37.5. The number of carboxylic acids is 2. The van der Waals surface area contributed by atoms with Gasteiger partial charge in [-0.3, -0.25) is 19.3 Å². The fourth-order valence-electron chi connectivity index (χ4n) is 6.14. The van der Waals surface area contributed by atoms with Crippen LogP contribution in [0.5, 0.6) is 5.88 Å². The average Bonchev–Trinajstić information content (AvgIpc) is 3.71. The summed E-state index contributed by atoms with van der Waals surface area (Å²) in [7, 11) is -0.877. The Bertz CT molecular complexity index is 1810. The van der Waals surface area contributed by atoms with E-state index in [9.17, 15) is 18.0 Å². The fourth-order valence-corrected chi connectivity index (χ4v) is 8.78. The van der Waals surface area contributed by atoms with E-state index in [-0.39, 0.29) is 32.6 Å². The van der Waals surface area contributed by atoms with Gasteiger partial charge >= 0.3 is 6.09 Å². The van der Waals surface area contributed by atoms with Gasteiger partial charge in [0.15, 0.2) is 0 Å². The van der Waals surface area contributed by atoms with E-state index in [1.807, 2.05) is 0 Å². The number of piperazine rings is 1. The van der Waals surface area contributed by atoms with Crippen LogP contribution < -0.4 is 9.04 Å². The number of halogens is 1. The van der Waals surface area contributed by atoms with Crippen molar-refractivity contribution in [3.63, 3.8) is 0 Å². The second kappa shape index (κ2) is 16.8. The molecular weight excluding hydrogens is 726 g/mol. The van der Waals surface area contributed by atoms with E-state index in [0.717, 1.165) is 39.8 Å². The number of nitrogens with zero attached hydrogens (tertiary/aromatic N) is 5. The number of amides is 2. The second-order valence-corrected chi connectivity index (χ2v) is 14.9. The summed E-state index contributed by atoms with van der Waals surface area (Å²) in [5, 5.41) is 18.1. The molecule has 2 fully saturated rings. The minimum Gasteiger partial charge on any atom is -0.481 e. The summed E-state index contributed by atoms with van der Waals surface area (Å²) in [6.07, 6.45) is 2.87. The van der Waals surface area contributed by atoms with Crippen LogP contribution in [0.3, 0.4) is 0 Å².